The number of rotatable bonds is 6. The Labute approximate surface area is 145 Å². The molecule has 0 aromatic heterocycles. The molecule has 25 heavy (non-hydrogen) atoms. The maximum atomic E-state index is 12.7. The first-order valence-electron chi connectivity index (χ1n) is 8.35. The van der Waals surface area contributed by atoms with Gasteiger partial charge in [-0.1, -0.05) is 12.1 Å². The number of hydrogen-bond donors (Lipinski definition) is 4. The summed E-state index contributed by atoms with van der Waals surface area (Å²) in [5, 5.41) is 14.9. The van der Waals surface area contributed by atoms with Crippen LogP contribution in [0.15, 0.2) is 18.2 Å². The molecule has 1 aromatic carbocycles. The molecule has 8 heteroatoms. The largest absolute Gasteiger partial charge is 0.390 e. The van der Waals surface area contributed by atoms with Crippen molar-refractivity contribution in [3.63, 3.8) is 0 Å². The van der Waals surface area contributed by atoms with Crippen LogP contribution >= 0.6 is 0 Å². The molecule has 1 unspecified atom stereocenters. The first-order valence-corrected chi connectivity index (χ1v) is 8.35. The Bertz CT molecular complexity index is 706. The van der Waals surface area contributed by atoms with E-state index in [1.54, 1.807) is 12.1 Å². The molecule has 1 fully saturated rings. The Morgan fingerprint density at radius 2 is 2.16 bits per heavy atom. The minimum Gasteiger partial charge on any atom is -0.390 e. The Balaban J connectivity index is 1.73. The molecule has 0 spiro atoms. The molecule has 2 heterocycles. The fourth-order valence-electron chi connectivity index (χ4n) is 3.27. The molecule has 3 amide bonds. The number of aliphatic hydroxyl groups is 1. The third-order valence-corrected chi connectivity index (χ3v) is 4.65. The zero-order valence-corrected chi connectivity index (χ0v) is 13.8. The zero-order valence-electron chi connectivity index (χ0n) is 13.8. The standard InChI is InChI=1S/C17H22N4O4/c18-6-11(22)8-19-7-10-2-1-3-12-13(10)9-21(17(12)25)14-4-5-15(23)20-16(14)24/h1-3,11,14,19,22H,4-9,18H2,(H,20,23,24)/t11-,14?/m1/s1. The second-order valence-electron chi connectivity index (χ2n) is 6.36. The fraction of sp³-hybridized carbons (Fsp3) is 0.471. The first kappa shape index (κ1) is 17.5. The molecular weight excluding hydrogens is 324 g/mol. The van der Waals surface area contributed by atoms with Gasteiger partial charge >= 0.3 is 0 Å². The lowest BCUT2D eigenvalue weighted by Gasteiger charge is -2.29. The molecule has 3 rings (SSSR count). The van der Waals surface area contributed by atoms with E-state index in [1.807, 2.05) is 6.07 Å². The SMILES string of the molecule is NC[C@@H](O)CNCc1cccc2c1CN(C1CCC(=O)NC1=O)C2=O. The number of carbonyl (C=O) groups is 3. The maximum Gasteiger partial charge on any atom is 0.255 e. The van der Waals surface area contributed by atoms with Gasteiger partial charge in [-0.2, -0.15) is 0 Å². The van der Waals surface area contributed by atoms with Crippen LogP contribution in [0.1, 0.15) is 34.3 Å². The molecule has 1 aromatic rings. The molecule has 0 radical (unpaired) electrons. The molecule has 0 aliphatic carbocycles. The average molecular weight is 346 g/mol. The van der Waals surface area contributed by atoms with E-state index >= 15 is 0 Å². The number of hydrogen-bond acceptors (Lipinski definition) is 6. The molecule has 2 aliphatic rings. The van der Waals surface area contributed by atoms with Crippen molar-refractivity contribution in [1.82, 2.24) is 15.5 Å². The number of nitrogens with zero attached hydrogens (tertiary/aromatic N) is 1. The molecule has 5 N–H and O–H groups in total. The van der Waals surface area contributed by atoms with Crippen molar-refractivity contribution in [1.29, 1.82) is 0 Å². The predicted octanol–water partition coefficient (Wildman–Crippen LogP) is -1.14. The summed E-state index contributed by atoms with van der Waals surface area (Å²) < 4.78 is 0. The van der Waals surface area contributed by atoms with Crippen LogP contribution in [0.5, 0.6) is 0 Å². The summed E-state index contributed by atoms with van der Waals surface area (Å²) in [6, 6.07) is 4.86. The highest BCUT2D eigenvalue weighted by Gasteiger charge is 2.39. The number of imide groups is 1. The van der Waals surface area contributed by atoms with Crippen molar-refractivity contribution in [2.45, 2.75) is 38.1 Å². The van der Waals surface area contributed by atoms with Gasteiger partial charge in [-0.05, 0) is 23.6 Å². The van der Waals surface area contributed by atoms with Crippen molar-refractivity contribution < 1.29 is 19.5 Å². The molecular formula is C17H22N4O4. The molecule has 0 saturated carbocycles. The van der Waals surface area contributed by atoms with Crippen LogP contribution in [0, 0.1) is 0 Å². The van der Waals surface area contributed by atoms with Crippen LogP contribution < -0.4 is 16.4 Å². The van der Waals surface area contributed by atoms with Crippen molar-refractivity contribution in [3.8, 4) is 0 Å². The number of amides is 3. The number of nitrogens with two attached hydrogens (primary N) is 1. The lowest BCUT2D eigenvalue weighted by atomic mass is 10.0. The lowest BCUT2D eigenvalue weighted by molar-refractivity contribution is -0.136. The van der Waals surface area contributed by atoms with Gasteiger partial charge in [0.25, 0.3) is 5.91 Å². The van der Waals surface area contributed by atoms with Gasteiger partial charge in [0.2, 0.25) is 11.8 Å². The van der Waals surface area contributed by atoms with Crippen molar-refractivity contribution in [3.05, 3.63) is 34.9 Å². The highest BCUT2D eigenvalue weighted by Crippen LogP contribution is 2.29. The van der Waals surface area contributed by atoms with Crippen LogP contribution in [0.25, 0.3) is 0 Å². The van der Waals surface area contributed by atoms with E-state index in [0.29, 0.717) is 31.6 Å². The van der Waals surface area contributed by atoms with Gasteiger partial charge in [-0.25, -0.2) is 0 Å². The summed E-state index contributed by atoms with van der Waals surface area (Å²) in [7, 11) is 0. The van der Waals surface area contributed by atoms with Gasteiger partial charge < -0.3 is 21.1 Å². The van der Waals surface area contributed by atoms with Gasteiger partial charge in [0.15, 0.2) is 0 Å². The van der Waals surface area contributed by atoms with Gasteiger partial charge in [-0.3, -0.25) is 19.7 Å². The Morgan fingerprint density at radius 1 is 1.36 bits per heavy atom. The summed E-state index contributed by atoms with van der Waals surface area (Å²) >= 11 is 0. The van der Waals surface area contributed by atoms with Crippen LogP contribution in [-0.2, 0) is 22.7 Å². The van der Waals surface area contributed by atoms with E-state index < -0.39 is 18.1 Å². The average Bonchev–Trinajstić information content (AvgIpc) is 2.92. The van der Waals surface area contributed by atoms with Gasteiger partial charge in [-0.15, -0.1) is 0 Å². The first-order chi connectivity index (χ1) is 12.0. The fourth-order valence-corrected chi connectivity index (χ4v) is 3.27. The minimum absolute atomic E-state index is 0.182. The van der Waals surface area contributed by atoms with E-state index in [2.05, 4.69) is 10.6 Å². The van der Waals surface area contributed by atoms with Crippen molar-refractivity contribution in [2.75, 3.05) is 13.1 Å². The number of benzene rings is 1. The van der Waals surface area contributed by atoms with E-state index in [1.165, 1.54) is 4.90 Å². The molecule has 2 aliphatic heterocycles. The maximum absolute atomic E-state index is 12.7. The van der Waals surface area contributed by atoms with E-state index in [9.17, 15) is 19.5 Å². The summed E-state index contributed by atoms with van der Waals surface area (Å²) in [6.07, 6.45) is -0.0267. The molecule has 0 bridgehead atoms. The van der Waals surface area contributed by atoms with Crippen LogP contribution in [0.2, 0.25) is 0 Å². The van der Waals surface area contributed by atoms with E-state index in [4.69, 9.17) is 5.73 Å². The third kappa shape index (κ3) is 3.55. The summed E-state index contributed by atoms with van der Waals surface area (Å²) in [4.78, 5) is 37.6. The molecule has 134 valence electrons. The monoisotopic (exact) mass is 346 g/mol. The number of aliphatic hydroxyl groups excluding tert-OH is 1. The zero-order chi connectivity index (χ0) is 18.0. The summed E-state index contributed by atoms with van der Waals surface area (Å²) in [5.41, 5.74) is 7.80. The Hall–Kier alpha value is -2.29. The molecule has 1 saturated heterocycles. The van der Waals surface area contributed by atoms with Crippen LogP contribution in [-0.4, -0.2) is 53.0 Å². The Morgan fingerprint density at radius 3 is 2.88 bits per heavy atom. The van der Waals surface area contributed by atoms with Gasteiger partial charge in [0.1, 0.15) is 6.04 Å². The normalized spacial score (nSPS) is 21.3. The van der Waals surface area contributed by atoms with E-state index in [0.717, 1.165) is 11.1 Å². The number of carbonyl (C=O) groups excluding carboxylic acids is 3. The van der Waals surface area contributed by atoms with Gasteiger partial charge in [0.05, 0.1) is 6.10 Å². The highest BCUT2D eigenvalue weighted by atomic mass is 16.3. The lowest BCUT2D eigenvalue weighted by Crippen LogP contribution is -2.52. The molecule has 2 atom stereocenters. The van der Waals surface area contributed by atoms with Crippen molar-refractivity contribution in [2.24, 2.45) is 5.73 Å². The topological polar surface area (TPSA) is 125 Å². The third-order valence-electron chi connectivity index (χ3n) is 4.65. The second kappa shape index (κ2) is 7.30. The predicted molar refractivity (Wildman–Crippen MR) is 89.3 cm³/mol. The molecule has 8 nitrogen and oxygen atoms in total. The summed E-state index contributed by atoms with van der Waals surface area (Å²) in [6.45, 7) is 1.39. The second-order valence-corrected chi connectivity index (χ2v) is 6.36. The number of fused-ring (bicyclic) bond motifs is 1. The minimum atomic E-state index is -0.613. The van der Waals surface area contributed by atoms with E-state index in [-0.39, 0.29) is 24.8 Å². The quantitative estimate of drug-likeness (QED) is 0.483. The summed E-state index contributed by atoms with van der Waals surface area (Å²) in [5.74, 6) is -0.898. The highest BCUT2D eigenvalue weighted by molar-refractivity contribution is 6.05. The van der Waals surface area contributed by atoms with Crippen LogP contribution in [0.4, 0.5) is 0 Å². The Kier molecular flexibility index (Phi) is 5.12. The van der Waals surface area contributed by atoms with Gasteiger partial charge in [0, 0.05) is 38.2 Å². The number of nitrogens with one attached hydrogen (secondary N) is 2. The van der Waals surface area contributed by atoms with Crippen molar-refractivity contribution >= 4 is 17.7 Å². The number of piperidine rings is 1. The smallest absolute Gasteiger partial charge is 0.255 e. The van der Waals surface area contributed by atoms with Crippen LogP contribution in [0.3, 0.4) is 0 Å².